The van der Waals surface area contributed by atoms with Crippen LogP contribution in [0.4, 0.5) is 10.8 Å². The molecule has 0 N–H and O–H groups in total. The van der Waals surface area contributed by atoms with Crippen molar-refractivity contribution in [1.29, 1.82) is 0 Å². The van der Waals surface area contributed by atoms with Crippen LogP contribution in [0.2, 0.25) is 0 Å². The van der Waals surface area contributed by atoms with Crippen molar-refractivity contribution < 1.29 is 9.59 Å². The lowest BCUT2D eigenvalue weighted by molar-refractivity contribution is -0.130. The molecule has 154 valence electrons. The van der Waals surface area contributed by atoms with E-state index in [1.165, 1.54) is 24.2 Å². The fourth-order valence-corrected chi connectivity index (χ4v) is 5.72. The SMILES string of the molecule is Cc1ccccc1N(C(=O)[C@@H]1CC(=O)N(C2CCCC2)C1)c1nc2ccccc2s1. The van der Waals surface area contributed by atoms with Gasteiger partial charge in [0.1, 0.15) is 0 Å². The molecule has 1 aliphatic carbocycles. The van der Waals surface area contributed by atoms with Crippen molar-refractivity contribution in [3.63, 3.8) is 0 Å². The number of hydrogen-bond donors (Lipinski definition) is 0. The molecule has 1 saturated carbocycles. The first kappa shape index (κ1) is 19.2. The summed E-state index contributed by atoms with van der Waals surface area (Å²) in [6, 6.07) is 16.1. The van der Waals surface area contributed by atoms with Gasteiger partial charge in [0.05, 0.1) is 21.8 Å². The maximum Gasteiger partial charge on any atom is 0.238 e. The number of amides is 2. The van der Waals surface area contributed by atoms with E-state index in [1.807, 2.05) is 60.4 Å². The van der Waals surface area contributed by atoms with Crippen LogP contribution in [0.1, 0.15) is 37.7 Å². The molecule has 5 nitrogen and oxygen atoms in total. The van der Waals surface area contributed by atoms with E-state index in [0.29, 0.717) is 24.1 Å². The summed E-state index contributed by atoms with van der Waals surface area (Å²) in [5, 5.41) is 0.669. The zero-order chi connectivity index (χ0) is 20.7. The Bertz CT molecular complexity index is 1070. The predicted octanol–water partition coefficient (Wildman–Crippen LogP) is 5.06. The first-order chi connectivity index (χ1) is 14.6. The fraction of sp³-hybridized carbons (Fsp3) is 0.375. The van der Waals surface area contributed by atoms with Gasteiger partial charge in [-0.3, -0.25) is 14.5 Å². The van der Waals surface area contributed by atoms with Gasteiger partial charge in [-0.1, -0.05) is 54.5 Å². The lowest BCUT2D eigenvalue weighted by atomic mass is 10.1. The van der Waals surface area contributed by atoms with E-state index < -0.39 is 0 Å². The van der Waals surface area contributed by atoms with E-state index in [1.54, 1.807) is 4.90 Å². The molecule has 2 heterocycles. The summed E-state index contributed by atoms with van der Waals surface area (Å²) < 4.78 is 1.05. The molecule has 0 radical (unpaired) electrons. The summed E-state index contributed by atoms with van der Waals surface area (Å²) in [7, 11) is 0. The van der Waals surface area contributed by atoms with Crippen molar-refractivity contribution in [2.75, 3.05) is 11.4 Å². The third-order valence-corrected chi connectivity index (χ3v) is 7.35. The molecule has 0 spiro atoms. The first-order valence-corrected chi connectivity index (χ1v) is 11.5. The highest BCUT2D eigenvalue weighted by Crippen LogP contribution is 2.38. The molecule has 2 amide bonds. The van der Waals surface area contributed by atoms with Gasteiger partial charge in [0, 0.05) is 19.0 Å². The summed E-state index contributed by atoms with van der Waals surface area (Å²) in [6.45, 7) is 2.53. The van der Waals surface area contributed by atoms with Gasteiger partial charge in [0.2, 0.25) is 11.8 Å². The van der Waals surface area contributed by atoms with Crippen LogP contribution in [0.5, 0.6) is 0 Å². The van der Waals surface area contributed by atoms with Gasteiger partial charge in [-0.2, -0.15) is 0 Å². The predicted molar refractivity (Wildman–Crippen MR) is 120 cm³/mol. The molecular weight excluding hydrogens is 394 g/mol. The average molecular weight is 420 g/mol. The lowest BCUT2D eigenvalue weighted by Crippen LogP contribution is -2.37. The van der Waals surface area contributed by atoms with Gasteiger partial charge in [-0.05, 0) is 43.5 Å². The molecule has 3 aromatic rings. The van der Waals surface area contributed by atoms with Gasteiger partial charge in [-0.15, -0.1) is 0 Å². The first-order valence-electron chi connectivity index (χ1n) is 10.7. The van der Waals surface area contributed by atoms with E-state index in [2.05, 4.69) is 0 Å². The molecule has 0 unspecified atom stereocenters. The Morgan fingerprint density at radius 3 is 2.60 bits per heavy atom. The van der Waals surface area contributed by atoms with Crippen molar-refractivity contribution in [1.82, 2.24) is 9.88 Å². The van der Waals surface area contributed by atoms with Crippen LogP contribution in [0.25, 0.3) is 10.2 Å². The summed E-state index contributed by atoms with van der Waals surface area (Å²) in [5.41, 5.74) is 2.74. The van der Waals surface area contributed by atoms with Gasteiger partial charge in [0.15, 0.2) is 5.13 Å². The average Bonchev–Trinajstić information content (AvgIpc) is 3.48. The molecule has 2 fully saturated rings. The zero-order valence-electron chi connectivity index (χ0n) is 17.1. The molecular formula is C24H25N3O2S. The number of hydrogen-bond acceptors (Lipinski definition) is 4. The van der Waals surface area contributed by atoms with Crippen LogP contribution in [-0.2, 0) is 9.59 Å². The van der Waals surface area contributed by atoms with Crippen LogP contribution in [0.15, 0.2) is 48.5 Å². The zero-order valence-corrected chi connectivity index (χ0v) is 17.9. The minimum absolute atomic E-state index is 0.0304. The smallest absolute Gasteiger partial charge is 0.238 e. The molecule has 2 aromatic carbocycles. The summed E-state index contributed by atoms with van der Waals surface area (Å²) >= 11 is 1.52. The number of aryl methyl sites for hydroxylation is 1. The normalized spacial score (nSPS) is 19.7. The number of nitrogens with zero attached hydrogens (tertiary/aromatic N) is 3. The van der Waals surface area contributed by atoms with Gasteiger partial charge < -0.3 is 4.90 Å². The van der Waals surface area contributed by atoms with Gasteiger partial charge in [0.25, 0.3) is 0 Å². The van der Waals surface area contributed by atoms with Crippen molar-refractivity contribution >= 4 is 44.2 Å². The summed E-state index contributed by atoms with van der Waals surface area (Å²) in [4.78, 5) is 35.0. The van der Waals surface area contributed by atoms with E-state index in [-0.39, 0.29) is 17.7 Å². The second-order valence-corrected chi connectivity index (χ2v) is 9.32. The lowest BCUT2D eigenvalue weighted by Gasteiger charge is -2.26. The van der Waals surface area contributed by atoms with E-state index >= 15 is 0 Å². The van der Waals surface area contributed by atoms with Crippen LogP contribution >= 0.6 is 11.3 Å². The Labute approximate surface area is 180 Å². The highest BCUT2D eigenvalue weighted by Gasteiger charge is 2.41. The van der Waals surface area contributed by atoms with Crippen molar-refractivity contribution in [3.05, 3.63) is 54.1 Å². The third-order valence-electron chi connectivity index (χ3n) is 6.32. The number of carbonyl (C=O) groups excluding carboxylic acids is 2. The molecule has 2 aliphatic rings. The topological polar surface area (TPSA) is 53.5 Å². The Kier molecular flexibility index (Phi) is 5.03. The highest BCUT2D eigenvalue weighted by molar-refractivity contribution is 7.22. The van der Waals surface area contributed by atoms with Gasteiger partial charge in [-0.25, -0.2) is 4.98 Å². The number of thiazole rings is 1. The molecule has 1 atom stereocenters. The minimum Gasteiger partial charge on any atom is -0.339 e. The molecule has 1 saturated heterocycles. The van der Waals surface area contributed by atoms with Crippen LogP contribution in [0, 0.1) is 12.8 Å². The third kappa shape index (κ3) is 3.39. The van der Waals surface area contributed by atoms with Crippen LogP contribution < -0.4 is 4.90 Å². The standard InChI is InChI=1S/C24H25N3O2S/c1-16-8-2-6-12-20(16)27(24-25-19-11-5-7-13-21(19)30-24)23(29)17-14-22(28)26(15-17)18-9-3-4-10-18/h2,5-8,11-13,17-18H,3-4,9-10,14-15H2,1H3/t17-/m1/s1. The second kappa shape index (κ2) is 7.84. The second-order valence-electron chi connectivity index (χ2n) is 8.31. The number of fused-ring (bicyclic) bond motifs is 1. The number of carbonyl (C=O) groups is 2. The number of likely N-dealkylation sites (tertiary alicyclic amines) is 1. The summed E-state index contributed by atoms with van der Waals surface area (Å²) in [6.07, 6.45) is 4.77. The maximum absolute atomic E-state index is 13.8. The molecule has 1 aliphatic heterocycles. The number of benzene rings is 2. The molecule has 30 heavy (non-hydrogen) atoms. The Hall–Kier alpha value is -2.73. The van der Waals surface area contributed by atoms with Crippen LogP contribution in [-0.4, -0.2) is 34.3 Å². The Morgan fingerprint density at radius 1 is 1.10 bits per heavy atom. The minimum atomic E-state index is -0.329. The summed E-state index contributed by atoms with van der Waals surface area (Å²) in [5.74, 6) is -0.240. The fourth-order valence-electron chi connectivity index (χ4n) is 4.73. The van der Waals surface area contributed by atoms with Crippen molar-refractivity contribution in [3.8, 4) is 0 Å². The number of para-hydroxylation sites is 2. The van der Waals surface area contributed by atoms with Crippen molar-refractivity contribution in [2.45, 2.75) is 45.1 Å². The molecule has 0 bridgehead atoms. The van der Waals surface area contributed by atoms with E-state index in [0.717, 1.165) is 34.3 Å². The number of aromatic nitrogens is 1. The molecule has 6 heteroatoms. The highest BCUT2D eigenvalue weighted by atomic mass is 32.1. The number of rotatable bonds is 4. The van der Waals surface area contributed by atoms with E-state index in [4.69, 9.17) is 4.98 Å². The molecule has 5 rings (SSSR count). The van der Waals surface area contributed by atoms with E-state index in [9.17, 15) is 9.59 Å². The Morgan fingerprint density at radius 2 is 1.83 bits per heavy atom. The largest absolute Gasteiger partial charge is 0.339 e. The quantitative estimate of drug-likeness (QED) is 0.594. The van der Waals surface area contributed by atoms with Crippen LogP contribution in [0.3, 0.4) is 0 Å². The monoisotopic (exact) mass is 419 g/mol. The maximum atomic E-state index is 13.8. The van der Waals surface area contributed by atoms with Crippen molar-refractivity contribution in [2.24, 2.45) is 5.92 Å². The number of anilines is 2. The Balaban J connectivity index is 1.51. The van der Waals surface area contributed by atoms with Gasteiger partial charge >= 0.3 is 0 Å². The molecule has 1 aromatic heterocycles.